The molecule has 96 valence electrons. The normalized spacial score (nSPS) is 9.74. The summed E-state index contributed by atoms with van der Waals surface area (Å²) in [6, 6.07) is 13.6. The van der Waals surface area contributed by atoms with Crippen molar-refractivity contribution in [2.24, 2.45) is 0 Å². The van der Waals surface area contributed by atoms with Gasteiger partial charge in [-0.1, -0.05) is 18.2 Å². The molecule has 1 N–H and O–H groups in total. The Morgan fingerprint density at radius 1 is 1.05 bits per heavy atom. The van der Waals surface area contributed by atoms with E-state index in [4.69, 9.17) is 4.74 Å². The number of rotatable bonds is 4. The van der Waals surface area contributed by atoms with Crippen molar-refractivity contribution in [1.82, 2.24) is 0 Å². The molecule has 0 aliphatic heterocycles. The van der Waals surface area contributed by atoms with Crippen molar-refractivity contribution in [3.05, 3.63) is 59.0 Å². The van der Waals surface area contributed by atoms with Crippen LogP contribution in [-0.4, -0.2) is 13.1 Å². The minimum absolute atomic E-state index is 0.130. The van der Waals surface area contributed by atoms with Crippen molar-refractivity contribution in [2.75, 3.05) is 7.11 Å². The number of methoxy groups -OCH3 is 1. The summed E-state index contributed by atoms with van der Waals surface area (Å²) in [6.07, 6.45) is 0. The van der Waals surface area contributed by atoms with Crippen molar-refractivity contribution in [3.8, 4) is 11.5 Å². The summed E-state index contributed by atoms with van der Waals surface area (Å²) in [7, 11) is 1.25. The van der Waals surface area contributed by atoms with Gasteiger partial charge in [-0.25, -0.2) is 4.79 Å². The molecule has 2 rings (SSSR count). The predicted molar refractivity (Wildman–Crippen MR) is 68.3 cm³/mol. The molecule has 0 unspecified atom stereocenters. The van der Waals surface area contributed by atoms with E-state index in [1.165, 1.54) is 19.2 Å². The fourth-order valence-electron chi connectivity index (χ4n) is 1.58. The highest BCUT2D eigenvalue weighted by molar-refractivity contribution is 5.94. The second kappa shape index (κ2) is 5.77. The van der Waals surface area contributed by atoms with Crippen LogP contribution in [0.25, 0.3) is 0 Å². The van der Waals surface area contributed by atoms with E-state index in [0.717, 1.165) is 0 Å². The molecule has 0 saturated carbocycles. The van der Waals surface area contributed by atoms with Crippen molar-refractivity contribution in [1.29, 1.82) is 0 Å². The van der Waals surface area contributed by atoms with Crippen LogP contribution in [0.5, 0.6) is 11.5 Å². The maximum Gasteiger partial charge on any atom is 0.344 e. The van der Waals surface area contributed by atoms with Gasteiger partial charge in [0.25, 0.3) is 5.69 Å². The van der Waals surface area contributed by atoms with E-state index in [1.807, 2.05) is 18.2 Å². The zero-order chi connectivity index (χ0) is 13.7. The first kappa shape index (κ1) is 12.8. The van der Waals surface area contributed by atoms with Crippen LogP contribution in [0.1, 0.15) is 10.4 Å². The van der Waals surface area contributed by atoms with E-state index in [1.54, 1.807) is 23.4 Å². The Hall–Kier alpha value is -2.69. The molecule has 0 amide bonds. The fourth-order valence-corrected chi connectivity index (χ4v) is 1.58. The third-order valence-electron chi connectivity index (χ3n) is 2.49. The van der Waals surface area contributed by atoms with Crippen molar-refractivity contribution >= 4 is 11.7 Å². The molecular weight excluding hydrogens is 246 g/mol. The lowest BCUT2D eigenvalue weighted by Crippen LogP contribution is -2.56. The fraction of sp³-hybridized carbons (Fsp3) is 0.0714. The van der Waals surface area contributed by atoms with Crippen LogP contribution in [-0.2, 0) is 4.74 Å². The predicted octanol–water partition coefficient (Wildman–Crippen LogP) is 1.74. The van der Waals surface area contributed by atoms with Crippen molar-refractivity contribution in [2.45, 2.75) is 0 Å². The van der Waals surface area contributed by atoms with E-state index in [9.17, 15) is 9.70 Å². The number of carbonyl (C=O) groups excluding carboxylic acids is 1. The zero-order valence-corrected chi connectivity index (χ0v) is 10.3. The van der Waals surface area contributed by atoms with E-state index in [2.05, 4.69) is 4.74 Å². The minimum Gasteiger partial charge on any atom is -0.465 e. The zero-order valence-electron chi connectivity index (χ0n) is 10.3. The smallest absolute Gasteiger partial charge is 0.344 e. The SMILES string of the molecule is COC(=O)c1cc(Oc2ccccc2)ccc1[NH+]=O. The highest BCUT2D eigenvalue weighted by Gasteiger charge is 2.18. The topological polar surface area (TPSA) is 66.6 Å². The van der Waals surface area contributed by atoms with Gasteiger partial charge in [-0.15, -0.1) is 0 Å². The van der Waals surface area contributed by atoms with Gasteiger partial charge in [0, 0.05) is 22.2 Å². The van der Waals surface area contributed by atoms with Crippen LogP contribution in [0, 0.1) is 4.91 Å². The van der Waals surface area contributed by atoms with E-state index < -0.39 is 5.97 Å². The Bertz CT molecular complexity index is 596. The number of ether oxygens (including phenoxy) is 2. The summed E-state index contributed by atoms with van der Waals surface area (Å²) in [5.41, 5.74) is 0.276. The third kappa shape index (κ3) is 2.95. The Morgan fingerprint density at radius 2 is 1.79 bits per heavy atom. The highest BCUT2D eigenvalue weighted by Crippen LogP contribution is 2.24. The Kier molecular flexibility index (Phi) is 3.87. The van der Waals surface area contributed by atoms with Gasteiger partial charge in [0.05, 0.1) is 7.11 Å². The minimum atomic E-state index is -0.600. The molecule has 0 atom stereocenters. The maximum absolute atomic E-state index is 11.5. The van der Waals surface area contributed by atoms with Crippen LogP contribution in [0.3, 0.4) is 0 Å². The molecule has 5 heteroatoms. The first-order valence-electron chi connectivity index (χ1n) is 5.58. The van der Waals surface area contributed by atoms with Crippen LogP contribution in [0.15, 0.2) is 48.5 Å². The number of esters is 1. The summed E-state index contributed by atoms with van der Waals surface area (Å²) in [5, 5.41) is 1.70. The molecule has 0 saturated heterocycles. The summed E-state index contributed by atoms with van der Waals surface area (Å²) >= 11 is 0. The van der Waals surface area contributed by atoms with Gasteiger partial charge in [0.15, 0.2) is 0 Å². The molecule has 5 nitrogen and oxygen atoms in total. The van der Waals surface area contributed by atoms with Crippen molar-refractivity contribution < 1.29 is 19.4 Å². The maximum atomic E-state index is 11.5. The average molecular weight is 258 g/mol. The van der Waals surface area contributed by atoms with Gasteiger partial charge in [-0.05, 0) is 18.2 Å². The number of hydrogen-bond donors (Lipinski definition) is 1. The van der Waals surface area contributed by atoms with Gasteiger partial charge in [-0.2, -0.15) is 0 Å². The molecule has 0 aliphatic carbocycles. The Labute approximate surface area is 109 Å². The first-order chi connectivity index (χ1) is 9.24. The molecule has 19 heavy (non-hydrogen) atoms. The molecular formula is C14H12NO4+. The van der Waals surface area contributed by atoms with Crippen LogP contribution >= 0.6 is 0 Å². The molecule has 0 spiro atoms. The Morgan fingerprint density at radius 3 is 2.42 bits per heavy atom. The lowest BCUT2D eigenvalue weighted by Gasteiger charge is -2.06. The number of benzene rings is 2. The third-order valence-corrected chi connectivity index (χ3v) is 2.49. The molecule has 0 radical (unpaired) electrons. The van der Waals surface area contributed by atoms with E-state index in [0.29, 0.717) is 11.5 Å². The summed E-state index contributed by atoms with van der Waals surface area (Å²) in [5.74, 6) is 0.489. The summed E-state index contributed by atoms with van der Waals surface area (Å²) in [4.78, 5) is 22.3. The van der Waals surface area contributed by atoms with Crippen molar-refractivity contribution in [3.63, 3.8) is 0 Å². The standard InChI is InChI=1S/C14H11NO4/c1-18-14(16)12-9-11(7-8-13(12)15-17)19-10-5-3-2-4-6-10/h2-9H,1H3/p+1. The number of nitroso groups, excluding NO2 is 1. The number of para-hydroxylation sites is 1. The van der Waals surface area contributed by atoms with E-state index in [-0.39, 0.29) is 11.3 Å². The molecule has 2 aromatic carbocycles. The van der Waals surface area contributed by atoms with Gasteiger partial charge >= 0.3 is 5.97 Å². The molecule has 0 heterocycles. The lowest BCUT2D eigenvalue weighted by molar-refractivity contribution is -0.379. The Balaban J connectivity index is 2.33. The molecule has 2 aromatic rings. The van der Waals surface area contributed by atoms with Gasteiger partial charge in [0.1, 0.15) is 17.1 Å². The first-order valence-corrected chi connectivity index (χ1v) is 5.58. The van der Waals surface area contributed by atoms with Crippen LogP contribution in [0.4, 0.5) is 5.69 Å². The second-order valence-electron chi connectivity index (χ2n) is 3.72. The van der Waals surface area contributed by atoms with Gasteiger partial charge in [0.2, 0.25) is 0 Å². The molecule has 0 bridgehead atoms. The largest absolute Gasteiger partial charge is 0.465 e. The summed E-state index contributed by atoms with van der Waals surface area (Å²) in [6.45, 7) is 0. The van der Waals surface area contributed by atoms with Crippen LogP contribution in [0.2, 0.25) is 0 Å². The molecule has 0 aliphatic rings. The molecule has 0 fully saturated rings. The number of hydrogen-bond acceptors (Lipinski definition) is 4. The lowest BCUT2D eigenvalue weighted by atomic mass is 10.1. The van der Waals surface area contributed by atoms with Gasteiger partial charge in [-0.3, -0.25) is 0 Å². The van der Waals surface area contributed by atoms with Gasteiger partial charge < -0.3 is 9.47 Å². The monoisotopic (exact) mass is 258 g/mol. The number of nitrogens with one attached hydrogen (secondary N) is 1. The molecule has 0 aromatic heterocycles. The summed E-state index contributed by atoms with van der Waals surface area (Å²) < 4.78 is 10.2. The quantitative estimate of drug-likeness (QED) is 0.848. The second-order valence-corrected chi connectivity index (χ2v) is 3.72. The number of carbonyl (C=O) groups is 1. The highest BCUT2D eigenvalue weighted by atomic mass is 16.5. The average Bonchev–Trinajstić information content (AvgIpc) is 2.47. The van der Waals surface area contributed by atoms with Crippen LogP contribution < -0.4 is 9.91 Å². The van der Waals surface area contributed by atoms with E-state index >= 15 is 0 Å².